The third-order valence-corrected chi connectivity index (χ3v) is 2.37. The minimum absolute atomic E-state index is 0.434. The van der Waals surface area contributed by atoms with Gasteiger partial charge >= 0.3 is 30.1 Å². The molecule has 0 rings (SSSR count). The van der Waals surface area contributed by atoms with Crippen molar-refractivity contribution in [2.45, 2.75) is 37.0 Å². The number of hydrogen-bond donors (Lipinski definition) is 0. The predicted molar refractivity (Wildman–Crippen MR) is 41.1 cm³/mol. The Morgan fingerprint density at radius 2 is 0.952 bits per heavy atom. The minimum Gasteiger partial charge on any atom is -0.299 e. The maximum absolute atomic E-state index is 13.3. The highest BCUT2D eigenvalue weighted by Gasteiger charge is 2.84. The molecule has 1 atom stereocenters. The lowest BCUT2D eigenvalue weighted by molar-refractivity contribution is -0.392. The second kappa shape index (κ2) is 4.93. The van der Waals surface area contributed by atoms with Crippen LogP contribution in [0.3, 0.4) is 0 Å². The van der Waals surface area contributed by atoms with Gasteiger partial charge in [0, 0.05) is 0 Å². The Kier molecular flexibility index (Phi) is 4.66. The normalized spacial score (nSPS) is 16.8. The van der Waals surface area contributed by atoms with Gasteiger partial charge in [-0.15, -0.1) is 0 Å². The largest absolute Gasteiger partial charge is 0.454 e. The smallest absolute Gasteiger partial charge is 0.299 e. The van der Waals surface area contributed by atoms with Crippen molar-refractivity contribution in [2.24, 2.45) is 5.92 Å². The second-order valence-corrected chi connectivity index (χ2v) is 3.87. The molecule has 21 heavy (non-hydrogen) atoms. The summed E-state index contributed by atoms with van der Waals surface area (Å²) in [7, 11) is 0. The molecule has 0 N–H and O–H groups in total. The zero-order valence-corrected chi connectivity index (χ0v) is 9.52. The first-order valence-electron chi connectivity index (χ1n) is 4.59. The van der Waals surface area contributed by atoms with E-state index in [0.717, 1.165) is 0 Å². The molecule has 0 aliphatic heterocycles. The molecule has 0 aliphatic carbocycles. The SMILES string of the molecule is CC(=O)C(C(F)(F)C(F)(F)F)C(F)(C(F)(F)F)C(F)(F)F. The van der Waals surface area contributed by atoms with Gasteiger partial charge in [-0.25, -0.2) is 4.39 Å². The molecule has 0 heterocycles. The number of rotatable bonds is 3. The van der Waals surface area contributed by atoms with Crippen LogP contribution in [0.5, 0.6) is 0 Å². The summed E-state index contributed by atoms with van der Waals surface area (Å²) in [6.45, 7) is -0.434. The standard InChI is InChI=1S/C8H4F12O/c1-2(21)3(5(10,11)8(18,19)20)4(9,6(12,13)14)7(15,16)17/h3H,1H3. The highest BCUT2D eigenvalue weighted by atomic mass is 19.4. The van der Waals surface area contributed by atoms with Gasteiger partial charge in [-0.2, -0.15) is 48.3 Å². The predicted octanol–water partition coefficient (Wildman–Crippen LogP) is 4.22. The first-order valence-corrected chi connectivity index (χ1v) is 4.59. The summed E-state index contributed by atoms with van der Waals surface area (Å²) in [5.41, 5.74) is -7.06. The van der Waals surface area contributed by atoms with Crippen LogP contribution < -0.4 is 0 Å². The molecule has 0 aromatic rings. The molecule has 126 valence electrons. The van der Waals surface area contributed by atoms with Crippen molar-refractivity contribution < 1.29 is 57.5 Å². The van der Waals surface area contributed by atoms with Crippen molar-refractivity contribution in [1.82, 2.24) is 0 Å². The first-order chi connectivity index (χ1) is 8.82. The molecule has 0 saturated heterocycles. The fraction of sp³-hybridized carbons (Fsp3) is 0.875. The molecule has 1 unspecified atom stereocenters. The molecule has 0 amide bonds. The molecule has 1 nitrogen and oxygen atoms in total. The van der Waals surface area contributed by atoms with Crippen LogP contribution in [0.2, 0.25) is 0 Å². The number of ketones is 1. The summed E-state index contributed by atoms with van der Waals surface area (Å²) in [6, 6.07) is 0. The van der Waals surface area contributed by atoms with E-state index in [1.165, 1.54) is 0 Å². The van der Waals surface area contributed by atoms with Crippen LogP contribution >= 0.6 is 0 Å². The molecular formula is C8H4F12O. The van der Waals surface area contributed by atoms with Crippen molar-refractivity contribution in [3.8, 4) is 0 Å². The van der Waals surface area contributed by atoms with Gasteiger partial charge in [0.05, 0.1) is 0 Å². The Balaban J connectivity index is 6.50. The number of carbonyl (C=O) groups is 1. The van der Waals surface area contributed by atoms with Crippen LogP contribution in [-0.4, -0.2) is 35.9 Å². The van der Waals surface area contributed by atoms with Gasteiger partial charge in [0.2, 0.25) is 0 Å². The summed E-state index contributed by atoms with van der Waals surface area (Å²) < 4.78 is 148. The minimum atomic E-state index is -7.23. The van der Waals surface area contributed by atoms with Gasteiger partial charge in [0.1, 0.15) is 11.7 Å². The van der Waals surface area contributed by atoms with E-state index >= 15 is 0 Å². The first kappa shape index (κ1) is 19.8. The molecule has 0 radical (unpaired) electrons. The highest BCUT2D eigenvalue weighted by Crippen LogP contribution is 2.57. The van der Waals surface area contributed by atoms with E-state index in [2.05, 4.69) is 0 Å². The molecule has 0 aromatic carbocycles. The van der Waals surface area contributed by atoms with E-state index in [4.69, 9.17) is 0 Å². The fourth-order valence-electron chi connectivity index (χ4n) is 1.44. The average molecular weight is 344 g/mol. The summed E-state index contributed by atoms with van der Waals surface area (Å²) >= 11 is 0. The Hall–Kier alpha value is -1.17. The van der Waals surface area contributed by atoms with E-state index in [-0.39, 0.29) is 0 Å². The average Bonchev–Trinajstić information content (AvgIpc) is 2.10. The van der Waals surface area contributed by atoms with Crippen molar-refractivity contribution >= 4 is 5.78 Å². The van der Waals surface area contributed by atoms with E-state index in [1.807, 2.05) is 0 Å². The van der Waals surface area contributed by atoms with E-state index in [1.54, 1.807) is 0 Å². The Bertz CT molecular complexity index is 385. The molecular weight excluding hydrogens is 340 g/mol. The molecule has 0 saturated carbocycles. The van der Waals surface area contributed by atoms with Crippen LogP contribution in [0.1, 0.15) is 6.92 Å². The van der Waals surface area contributed by atoms with Crippen LogP contribution in [0, 0.1) is 5.92 Å². The molecule has 0 fully saturated rings. The molecule has 0 aromatic heterocycles. The lowest BCUT2D eigenvalue weighted by atomic mass is 9.79. The van der Waals surface area contributed by atoms with Crippen LogP contribution in [0.15, 0.2) is 0 Å². The maximum atomic E-state index is 13.3. The van der Waals surface area contributed by atoms with Gasteiger partial charge in [0.15, 0.2) is 0 Å². The number of halogens is 12. The Morgan fingerprint density at radius 3 is 1.10 bits per heavy atom. The third kappa shape index (κ3) is 3.05. The molecule has 0 aliphatic rings. The van der Waals surface area contributed by atoms with Crippen LogP contribution in [0.4, 0.5) is 52.7 Å². The summed E-state index contributed by atoms with van der Waals surface area (Å²) in [5, 5.41) is 0. The number of carbonyl (C=O) groups excluding carboxylic acids is 1. The maximum Gasteiger partial charge on any atom is 0.454 e. The topological polar surface area (TPSA) is 17.1 Å². The van der Waals surface area contributed by atoms with Gasteiger partial charge in [-0.1, -0.05) is 0 Å². The second-order valence-electron chi connectivity index (χ2n) is 3.87. The molecule has 13 heteroatoms. The van der Waals surface area contributed by atoms with Gasteiger partial charge in [-0.05, 0) is 6.92 Å². The van der Waals surface area contributed by atoms with E-state index < -0.39 is 48.7 Å². The molecule has 0 spiro atoms. The van der Waals surface area contributed by atoms with E-state index in [0.29, 0.717) is 0 Å². The zero-order chi connectivity index (χ0) is 17.7. The summed E-state index contributed by atoms with van der Waals surface area (Å²) in [4.78, 5) is 10.6. The molecule has 0 bridgehead atoms. The Morgan fingerprint density at radius 1 is 0.667 bits per heavy atom. The fourth-order valence-corrected chi connectivity index (χ4v) is 1.44. The zero-order valence-electron chi connectivity index (χ0n) is 9.52. The number of hydrogen-bond acceptors (Lipinski definition) is 1. The number of Topliss-reactive ketones (excluding diaryl/α,β-unsaturated/α-hetero) is 1. The van der Waals surface area contributed by atoms with Crippen molar-refractivity contribution in [3.63, 3.8) is 0 Å². The van der Waals surface area contributed by atoms with Crippen LogP contribution in [0.25, 0.3) is 0 Å². The quantitative estimate of drug-likeness (QED) is 0.701. The lowest BCUT2D eigenvalue weighted by Crippen LogP contribution is -2.67. The van der Waals surface area contributed by atoms with Crippen molar-refractivity contribution in [1.29, 1.82) is 0 Å². The highest BCUT2D eigenvalue weighted by molar-refractivity contribution is 5.81. The lowest BCUT2D eigenvalue weighted by Gasteiger charge is -2.39. The summed E-state index contributed by atoms with van der Waals surface area (Å²) in [5.74, 6) is -15.2. The van der Waals surface area contributed by atoms with Gasteiger partial charge < -0.3 is 0 Å². The third-order valence-electron chi connectivity index (χ3n) is 2.37. The van der Waals surface area contributed by atoms with E-state index in [9.17, 15) is 57.5 Å². The van der Waals surface area contributed by atoms with Gasteiger partial charge in [0.25, 0.3) is 0 Å². The van der Waals surface area contributed by atoms with Crippen LogP contribution in [-0.2, 0) is 4.79 Å². The number of alkyl halides is 12. The van der Waals surface area contributed by atoms with Crippen molar-refractivity contribution in [3.05, 3.63) is 0 Å². The summed E-state index contributed by atoms with van der Waals surface area (Å²) in [6.07, 6.45) is -21.5. The Labute approximate surface area is 107 Å². The van der Waals surface area contributed by atoms with Gasteiger partial charge in [-0.3, -0.25) is 4.79 Å². The monoisotopic (exact) mass is 344 g/mol. The van der Waals surface area contributed by atoms with Crippen molar-refractivity contribution in [2.75, 3.05) is 0 Å².